The van der Waals surface area contributed by atoms with Gasteiger partial charge in [0.25, 0.3) is 5.91 Å². The lowest BCUT2D eigenvalue weighted by atomic mass is 10.1. The first kappa shape index (κ1) is 19.9. The monoisotopic (exact) mass is 391 g/mol. The lowest BCUT2D eigenvalue weighted by molar-refractivity contribution is -0.118. The third-order valence-corrected chi connectivity index (χ3v) is 4.04. The fourth-order valence-corrected chi connectivity index (χ4v) is 2.56. The molecule has 0 aliphatic heterocycles. The van der Waals surface area contributed by atoms with Crippen LogP contribution in [0.3, 0.4) is 0 Å². The first-order chi connectivity index (χ1) is 14.0. The van der Waals surface area contributed by atoms with Gasteiger partial charge in [0.2, 0.25) is 0 Å². The van der Waals surface area contributed by atoms with E-state index in [-0.39, 0.29) is 18.3 Å². The van der Waals surface area contributed by atoms with Crippen LogP contribution in [0.25, 0.3) is 0 Å². The molecule has 7 heteroatoms. The van der Waals surface area contributed by atoms with Gasteiger partial charge < -0.3 is 20.1 Å². The smallest absolute Gasteiger partial charge is 0.262 e. The van der Waals surface area contributed by atoms with E-state index < -0.39 is 0 Å². The molecule has 3 aromatic rings. The number of pyridine rings is 1. The number of ether oxygens (including phenoxy) is 2. The van der Waals surface area contributed by atoms with Crippen LogP contribution in [0.2, 0.25) is 0 Å². The zero-order valence-corrected chi connectivity index (χ0v) is 16.1. The normalized spacial score (nSPS) is 10.1. The number of methoxy groups -OCH3 is 1. The molecule has 0 bridgehead atoms. The summed E-state index contributed by atoms with van der Waals surface area (Å²) < 4.78 is 10.7. The van der Waals surface area contributed by atoms with Crippen molar-refractivity contribution in [3.63, 3.8) is 0 Å². The Morgan fingerprint density at radius 2 is 1.62 bits per heavy atom. The molecule has 2 aromatic carbocycles. The molecule has 3 rings (SSSR count). The number of ketones is 1. The van der Waals surface area contributed by atoms with Crippen molar-refractivity contribution < 1.29 is 19.1 Å². The molecular weight excluding hydrogens is 370 g/mol. The molecule has 0 fully saturated rings. The van der Waals surface area contributed by atoms with Gasteiger partial charge in [-0.2, -0.15) is 0 Å². The van der Waals surface area contributed by atoms with Gasteiger partial charge in [0.1, 0.15) is 5.82 Å². The lowest BCUT2D eigenvalue weighted by Gasteiger charge is -2.11. The molecule has 29 heavy (non-hydrogen) atoms. The standard InChI is InChI=1S/C22H21N3O4/c1-15(26)16-7-9-17(10-8-16)24-21-12-11-18(13-23-21)25-22(27)14-29-20-6-4-3-5-19(20)28-2/h3-13H,14H2,1-2H3,(H,23,24)(H,25,27). The third-order valence-electron chi connectivity index (χ3n) is 4.04. The summed E-state index contributed by atoms with van der Waals surface area (Å²) in [5.74, 6) is 1.39. The molecule has 0 saturated heterocycles. The maximum atomic E-state index is 12.1. The van der Waals surface area contributed by atoms with Gasteiger partial charge in [-0.15, -0.1) is 0 Å². The Morgan fingerprint density at radius 1 is 0.931 bits per heavy atom. The summed E-state index contributed by atoms with van der Waals surface area (Å²) in [4.78, 5) is 27.7. The van der Waals surface area contributed by atoms with Gasteiger partial charge in [-0.3, -0.25) is 9.59 Å². The van der Waals surface area contributed by atoms with Gasteiger partial charge in [-0.05, 0) is 55.5 Å². The second-order valence-electron chi connectivity index (χ2n) is 6.18. The van der Waals surface area contributed by atoms with E-state index in [1.165, 1.54) is 6.92 Å². The Morgan fingerprint density at radius 3 is 2.24 bits per heavy atom. The number of Topliss-reactive ketones (excluding diaryl/α,β-unsaturated/α-hetero) is 1. The summed E-state index contributed by atoms with van der Waals surface area (Å²) >= 11 is 0. The third kappa shape index (κ3) is 5.55. The topological polar surface area (TPSA) is 89.5 Å². The van der Waals surface area contributed by atoms with E-state index in [0.29, 0.717) is 28.6 Å². The Hall–Kier alpha value is -3.87. The molecule has 0 atom stereocenters. The SMILES string of the molecule is COc1ccccc1OCC(=O)Nc1ccc(Nc2ccc(C(C)=O)cc2)nc1. The highest BCUT2D eigenvalue weighted by molar-refractivity contribution is 5.94. The highest BCUT2D eigenvalue weighted by Crippen LogP contribution is 2.25. The molecule has 0 radical (unpaired) electrons. The number of rotatable bonds is 8. The second-order valence-corrected chi connectivity index (χ2v) is 6.18. The number of nitrogens with zero attached hydrogens (tertiary/aromatic N) is 1. The number of aromatic nitrogens is 1. The van der Waals surface area contributed by atoms with E-state index in [0.717, 1.165) is 5.69 Å². The average molecular weight is 391 g/mol. The molecule has 2 N–H and O–H groups in total. The van der Waals surface area contributed by atoms with E-state index in [2.05, 4.69) is 15.6 Å². The number of carbonyl (C=O) groups is 2. The van der Waals surface area contributed by atoms with Crippen molar-refractivity contribution in [1.82, 2.24) is 4.98 Å². The molecule has 0 aliphatic rings. The number of benzene rings is 2. The van der Waals surface area contributed by atoms with E-state index in [1.54, 1.807) is 55.8 Å². The van der Waals surface area contributed by atoms with Crippen LogP contribution in [-0.2, 0) is 4.79 Å². The van der Waals surface area contributed by atoms with Crippen molar-refractivity contribution in [2.75, 3.05) is 24.4 Å². The molecule has 1 heterocycles. The Bertz CT molecular complexity index is 986. The number of carbonyl (C=O) groups excluding carboxylic acids is 2. The van der Waals surface area contributed by atoms with Crippen LogP contribution < -0.4 is 20.1 Å². The zero-order chi connectivity index (χ0) is 20.6. The van der Waals surface area contributed by atoms with Gasteiger partial charge >= 0.3 is 0 Å². The minimum atomic E-state index is -0.307. The van der Waals surface area contributed by atoms with Crippen LogP contribution in [0.1, 0.15) is 17.3 Å². The Labute approximate surface area is 168 Å². The van der Waals surface area contributed by atoms with E-state index in [4.69, 9.17) is 9.47 Å². The minimum Gasteiger partial charge on any atom is -0.493 e. The van der Waals surface area contributed by atoms with Gasteiger partial charge in [0, 0.05) is 11.3 Å². The van der Waals surface area contributed by atoms with Gasteiger partial charge in [-0.25, -0.2) is 4.98 Å². The van der Waals surface area contributed by atoms with Crippen molar-refractivity contribution in [1.29, 1.82) is 0 Å². The lowest BCUT2D eigenvalue weighted by Crippen LogP contribution is -2.20. The molecule has 0 aliphatic carbocycles. The molecule has 7 nitrogen and oxygen atoms in total. The van der Waals surface area contributed by atoms with Crippen LogP contribution >= 0.6 is 0 Å². The van der Waals surface area contributed by atoms with Crippen LogP contribution in [0.4, 0.5) is 17.2 Å². The fraction of sp³-hybridized carbons (Fsp3) is 0.136. The van der Waals surface area contributed by atoms with Crippen LogP contribution in [0, 0.1) is 0 Å². The van der Waals surface area contributed by atoms with Gasteiger partial charge in [0.15, 0.2) is 23.9 Å². The highest BCUT2D eigenvalue weighted by Gasteiger charge is 2.08. The van der Waals surface area contributed by atoms with Crippen molar-refractivity contribution in [2.24, 2.45) is 0 Å². The summed E-state index contributed by atoms with van der Waals surface area (Å²) in [6, 6.07) is 17.7. The second kappa shape index (κ2) is 9.36. The molecule has 1 aromatic heterocycles. The minimum absolute atomic E-state index is 0.0180. The predicted octanol–water partition coefficient (Wildman–Crippen LogP) is 4.05. The van der Waals surface area contributed by atoms with E-state index >= 15 is 0 Å². The molecule has 0 unspecified atom stereocenters. The van der Waals surface area contributed by atoms with E-state index in [9.17, 15) is 9.59 Å². The number of amides is 1. The number of hydrogen-bond donors (Lipinski definition) is 2. The number of nitrogens with one attached hydrogen (secondary N) is 2. The quantitative estimate of drug-likeness (QED) is 0.563. The largest absolute Gasteiger partial charge is 0.493 e. The summed E-state index contributed by atoms with van der Waals surface area (Å²) in [5.41, 5.74) is 2.01. The fourth-order valence-electron chi connectivity index (χ4n) is 2.56. The average Bonchev–Trinajstić information content (AvgIpc) is 2.74. The van der Waals surface area contributed by atoms with E-state index in [1.807, 2.05) is 18.2 Å². The first-order valence-corrected chi connectivity index (χ1v) is 8.95. The van der Waals surface area contributed by atoms with Crippen molar-refractivity contribution in [3.05, 3.63) is 72.4 Å². The number of anilines is 3. The van der Waals surface area contributed by atoms with Gasteiger partial charge in [0.05, 0.1) is 19.0 Å². The Balaban J connectivity index is 1.53. The maximum absolute atomic E-state index is 12.1. The summed E-state index contributed by atoms with van der Waals surface area (Å²) in [6.07, 6.45) is 1.55. The van der Waals surface area contributed by atoms with Gasteiger partial charge in [-0.1, -0.05) is 12.1 Å². The van der Waals surface area contributed by atoms with Crippen LogP contribution in [0.5, 0.6) is 11.5 Å². The predicted molar refractivity (Wildman–Crippen MR) is 111 cm³/mol. The highest BCUT2D eigenvalue weighted by atomic mass is 16.5. The maximum Gasteiger partial charge on any atom is 0.262 e. The van der Waals surface area contributed by atoms with Crippen molar-refractivity contribution in [2.45, 2.75) is 6.92 Å². The molecular formula is C22H21N3O4. The molecule has 0 saturated carbocycles. The number of para-hydroxylation sites is 2. The molecule has 0 spiro atoms. The summed E-state index contributed by atoms with van der Waals surface area (Å²) in [7, 11) is 1.54. The summed E-state index contributed by atoms with van der Waals surface area (Å²) in [6.45, 7) is 1.38. The van der Waals surface area contributed by atoms with Crippen molar-refractivity contribution >= 4 is 28.9 Å². The molecule has 148 valence electrons. The van der Waals surface area contributed by atoms with Crippen LogP contribution in [-0.4, -0.2) is 30.4 Å². The van der Waals surface area contributed by atoms with Crippen molar-refractivity contribution in [3.8, 4) is 11.5 Å². The molecule has 1 amide bonds. The summed E-state index contributed by atoms with van der Waals surface area (Å²) in [5, 5.41) is 5.86. The van der Waals surface area contributed by atoms with Crippen LogP contribution in [0.15, 0.2) is 66.9 Å². The zero-order valence-electron chi connectivity index (χ0n) is 16.1. The first-order valence-electron chi connectivity index (χ1n) is 8.95. The Kier molecular flexibility index (Phi) is 6.42. The number of hydrogen-bond acceptors (Lipinski definition) is 6.